The van der Waals surface area contributed by atoms with E-state index in [1.807, 2.05) is 0 Å². The Morgan fingerprint density at radius 2 is 1.86 bits per heavy atom. The van der Waals surface area contributed by atoms with Gasteiger partial charge < -0.3 is 5.32 Å². The predicted octanol–water partition coefficient (Wildman–Crippen LogP) is 2.84. The molecule has 0 aromatic heterocycles. The molecule has 0 spiro atoms. The Labute approximate surface area is 88.8 Å². The molecule has 0 saturated heterocycles. The van der Waals surface area contributed by atoms with Gasteiger partial charge in [-0.05, 0) is 11.5 Å². The van der Waals surface area contributed by atoms with Crippen molar-refractivity contribution < 1.29 is 0 Å². The topological polar surface area (TPSA) is 12.0 Å². The zero-order chi connectivity index (χ0) is 9.97. The smallest absolute Gasteiger partial charge is 0.0434 e. The van der Waals surface area contributed by atoms with Gasteiger partial charge in [0.05, 0.1) is 0 Å². The zero-order valence-corrected chi connectivity index (χ0v) is 9.38. The van der Waals surface area contributed by atoms with E-state index in [9.17, 15) is 0 Å². The minimum Gasteiger partial charge on any atom is -0.359 e. The maximum atomic E-state index is 3.35. The normalized spacial score (nSPS) is 15.6. The summed E-state index contributed by atoms with van der Waals surface area (Å²) in [7, 11) is 0. The SMILES string of the molecule is CC(C)C1=[SH]C(c2ccccc2)=CN1. The molecule has 0 unspecified atom stereocenters. The summed E-state index contributed by atoms with van der Waals surface area (Å²) in [6.45, 7) is 4.44. The maximum absolute atomic E-state index is 3.35. The van der Waals surface area contributed by atoms with Crippen LogP contribution in [0.5, 0.6) is 0 Å². The minimum absolute atomic E-state index is 0.606. The molecule has 1 aliphatic rings. The third-order valence-corrected chi connectivity index (χ3v) is 3.73. The van der Waals surface area contributed by atoms with Crippen molar-refractivity contribution in [3.8, 4) is 0 Å². The number of hydrogen-bond acceptors (Lipinski definition) is 1. The summed E-state index contributed by atoms with van der Waals surface area (Å²) >= 11 is 1.33. The first kappa shape index (κ1) is 9.53. The van der Waals surface area contributed by atoms with Crippen molar-refractivity contribution in [1.29, 1.82) is 0 Å². The Hall–Kier alpha value is -1.02. The van der Waals surface area contributed by atoms with Crippen molar-refractivity contribution in [2.24, 2.45) is 5.92 Å². The number of nitrogens with one attached hydrogen (secondary N) is 1. The third kappa shape index (κ3) is 1.90. The Kier molecular flexibility index (Phi) is 2.73. The van der Waals surface area contributed by atoms with Gasteiger partial charge in [-0.1, -0.05) is 44.2 Å². The first-order valence-corrected chi connectivity index (χ1v) is 5.77. The Morgan fingerprint density at radius 3 is 2.43 bits per heavy atom. The average Bonchev–Trinajstić information content (AvgIpc) is 2.68. The lowest BCUT2D eigenvalue weighted by Gasteiger charge is -2.04. The highest BCUT2D eigenvalue weighted by atomic mass is 32.1. The van der Waals surface area contributed by atoms with Gasteiger partial charge in [0, 0.05) is 16.1 Å². The summed E-state index contributed by atoms with van der Waals surface area (Å²) in [5.74, 6) is 0.606. The van der Waals surface area contributed by atoms with Crippen LogP contribution in [-0.4, -0.2) is 4.99 Å². The lowest BCUT2D eigenvalue weighted by Crippen LogP contribution is -2.18. The van der Waals surface area contributed by atoms with Crippen molar-refractivity contribution in [3.63, 3.8) is 0 Å². The fourth-order valence-corrected chi connectivity index (χ4v) is 2.44. The quantitative estimate of drug-likeness (QED) is 0.559. The van der Waals surface area contributed by atoms with Crippen LogP contribution in [-0.2, 0) is 0 Å². The predicted molar refractivity (Wildman–Crippen MR) is 66.4 cm³/mol. The number of thiol groups is 1. The first-order chi connectivity index (χ1) is 6.77. The second-order valence-electron chi connectivity index (χ2n) is 3.69. The highest BCUT2D eigenvalue weighted by molar-refractivity contribution is 8.07. The van der Waals surface area contributed by atoms with Crippen LogP contribution < -0.4 is 5.32 Å². The van der Waals surface area contributed by atoms with E-state index in [1.54, 1.807) is 0 Å². The van der Waals surface area contributed by atoms with Gasteiger partial charge in [0.2, 0.25) is 0 Å². The Morgan fingerprint density at radius 1 is 1.14 bits per heavy atom. The molecule has 0 aliphatic carbocycles. The molecule has 0 atom stereocenters. The molecular formula is C12H15NS. The van der Waals surface area contributed by atoms with E-state index in [2.05, 4.69) is 55.7 Å². The standard InChI is InChI=1S/C12H15NS/c1-9(2)12-13-8-11(14-12)10-6-4-3-5-7-10/h3-9,13-14H,1-2H3. The number of benzene rings is 1. The molecule has 1 nitrogen and oxygen atoms in total. The summed E-state index contributed by atoms with van der Waals surface area (Å²) in [6, 6.07) is 10.5. The monoisotopic (exact) mass is 205 g/mol. The summed E-state index contributed by atoms with van der Waals surface area (Å²) in [4.78, 5) is 2.76. The summed E-state index contributed by atoms with van der Waals surface area (Å²) in [6.07, 6.45) is 2.12. The minimum atomic E-state index is 0.606. The Bertz CT molecular complexity index is 377. The van der Waals surface area contributed by atoms with E-state index in [1.165, 1.54) is 26.8 Å². The van der Waals surface area contributed by atoms with Crippen molar-refractivity contribution in [1.82, 2.24) is 5.32 Å². The van der Waals surface area contributed by atoms with E-state index in [4.69, 9.17) is 0 Å². The lowest BCUT2D eigenvalue weighted by atomic mass is 10.2. The third-order valence-electron chi connectivity index (χ3n) is 2.21. The highest BCUT2D eigenvalue weighted by Gasteiger charge is 2.09. The highest BCUT2D eigenvalue weighted by Crippen LogP contribution is 2.26. The van der Waals surface area contributed by atoms with Crippen LogP contribution in [0.15, 0.2) is 36.5 Å². The largest absolute Gasteiger partial charge is 0.359 e. The molecule has 1 aromatic rings. The second kappa shape index (κ2) is 4.01. The van der Waals surface area contributed by atoms with Gasteiger partial charge in [0.25, 0.3) is 0 Å². The van der Waals surface area contributed by atoms with Crippen LogP contribution in [0.3, 0.4) is 0 Å². The molecule has 1 N–H and O–H groups in total. The van der Waals surface area contributed by atoms with Crippen molar-refractivity contribution >= 4 is 21.2 Å². The number of rotatable bonds is 2. The summed E-state index contributed by atoms with van der Waals surface area (Å²) < 4.78 is 0. The van der Waals surface area contributed by atoms with Crippen LogP contribution in [0.25, 0.3) is 4.91 Å². The molecule has 2 rings (SSSR count). The average molecular weight is 205 g/mol. The molecule has 1 aliphatic heterocycles. The van der Waals surface area contributed by atoms with Crippen LogP contribution >= 0.6 is 11.4 Å². The summed E-state index contributed by atoms with van der Waals surface area (Å²) in [5.41, 5.74) is 1.32. The van der Waals surface area contributed by atoms with Crippen molar-refractivity contribution in [2.45, 2.75) is 13.8 Å². The number of hydrogen-bond donors (Lipinski definition) is 2. The van der Waals surface area contributed by atoms with Crippen molar-refractivity contribution in [2.75, 3.05) is 0 Å². The molecule has 0 bridgehead atoms. The van der Waals surface area contributed by atoms with Gasteiger partial charge in [-0.2, -0.15) is 0 Å². The fraction of sp³-hybridized carbons (Fsp3) is 0.250. The van der Waals surface area contributed by atoms with Crippen LogP contribution in [0.4, 0.5) is 0 Å². The van der Waals surface area contributed by atoms with Gasteiger partial charge in [-0.3, -0.25) is 0 Å². The van der Waals surface area contributed by atoms with Crippen LogP contribution in [0.2, 0.25) is 0 Å². The van der Waals surface area contributed by atoms with Crippen LogP contribution in [0.1, 0.15) is 19.4 Å². The van der Waals surface area contributed by atoms with E-state index in [0.29, 0.717) is 5.92 Å². The van der Waals surface area contributed by atoms with Gasteiger partial charge in [-0.15, -0.1) is 11.4 Å². The van der Waals surface area contributed by atoms with E-state index in [-0.39, 0.29) is 0 Å². The molecule has 0 fully saturated rings. The second-order valence-corrected chi connectivity index (χ2v) is 4.88. The van der Waals surface area contributed by atoms with Gasteiger partial charge in [0.1, 0.15) is 0 Å². The lowest BCUT2D eigenvalue weighted by molar-refractivity contribution is 0.871. The molecule has 2 heteroatoms. The van der Waals surface area contributed by atoms with Crippen molar-refractivity contribution in [3.05, 3.63) is 42.1 Å². The van der Waals surface area contributed by atoms with E-state index >= 15 is 0 Å². The van der Waals surface area contributed by atoms with Gasteiger partial charge in [-0.25, -0.2) is 0 Å². The zero-order valence-electron chi connectivity index (χ0n) is 8.49. The molecule has 0 saturated carbocycles. The molecule has 1 heterocycles. The van der Waals surface area contributed by atoms with Gasteiger partial charge in [0.15, 0.2) is 0 Å². The molecular weight excluding hydrogens is 190 g/mol. The molecule has 74 valence electrons. The maximum Gasteiger partial charge on any atom is 0.0434 e. The van der Waals surface area contributed by atoms with Gasteiger partial charge >= 0.3 is 0 Å². The summed E-state index contributed by atoms with van der Waals surface area (Å²) in [5, 5.41) is 3.35. The molecule has 1 aromatic carbocycles. The van der Waals surface area contributed by atoms with E-state index in [0.717, 1.165) is 0 Å². The molecule has 0 amide bonds. The molecule has 0 radical (unpaired) electrons. The fourth-order valence-electron chi connectivity index (χ4n) is 1.39. The molecule has 14 heavy (non-hydrogen) atoms. The van der Waals surface area contributed by atoms with Crippen LogP contribution in [0, 0.1) is 5.92 Å². The first-order valence-electron chi connectivity index (χ1n) is 4.88. The van der Waals surface area contributed by atoms with E-state index < -0.39 is 0 Å². The Balaban J connectivity index is 2.23.